The first-order valence-electron chi connectivity index (χ1n) is 7.41. The summed E-state index contributed by atoms with van der Waals surface area (Å²) >= 11 is 0. The lowest BCUT2D eigenvalue weighted by atomic mass is 10.1. The van der Waals surface area contributed by atoms with Gasteiger partial charge in [-0.25, -0.2) is 4.79 Å². The Morgan fingerprint density at radius 2 is 1.45 bits per heavy atom. The molecule has 6 heteroatoms. The second kappa shape index (κ2) is 6.38. The summed E-state index contributed by atoms with van der Waals surface area (Å²) in [5.74, 6) is -0.652. The zero-order valence-electron chi connectivity index (χ0n) is 14.3. The highest BCUT2D eigenvalue weighted by molar-refractivity contribution is 6.98. The van der Waals surface area contributed by atoms with Crippen molar-refractivity contribution < 1.29 is 19.4 Å². The second-order valence-corrected chi connectivity index (χ2v) is 18.9. The monoisotopic (exact) mass is 338 g/mol. The molecular formula is C16H26O4Si2. The van der Waals surface area contributed by atoms with Crippen LogP contribution in [0.1, 0.15) is 12.0 Å². The molecule has 0 aliphatic carbocycles. The zero-order chi connectivity index (χ0) is 17.2. The van der Waals surface area contributed by atoms with E-state index in [-0.39, 0.29) is 11.1 Å². The van der Waals surface area contributed by atoms with Crippen LogP contribution in [0.2, 0.25) is 39.3 Å². The molecule has 0 bridgehead atoms. The SMILES string of the molecule is C[Si](C)(C)C(CC(=O)OC(=O)O)(c1ccccc1)[Si](C)(C)C. The first kappa shape index (κ1) is 18.6. The van der Waals surface area contributed by atoms with Crippen LogP contribution >= 0.6 is 0 Å². The maximum absolute atomic E-state index is 12.2. The van der Waals surface area contributed by atoms with Gasteiger partial charge in [-0.05, 0) is 10.2 Å². The highest BCUT2D eigenvalue weighted by atomic mass is 28.4. The molecule has 0 unspecified atom stereocenters. The number of carbonyl (C=O) groups excluding carboxylic acids is 1. The summed E-state index contributed by atoms with van der Waals surface area (Å²) in [6, 6.07) is 10.0. The Balaban J connectivity index is 3.48. The third-order valence-electron chi connectivity index (χ3n) is 4.44. The normalized spacial score (nSPS) is 12.8. The Morgan fingerprint density at radius 3 is 1.82 bits per heavy atom. The van der Waals surface area contributed by atoms with E-state index in [0.29, 0.717) is 0 Å². The number of benzene rings is 1. The van der Waals surface area contributed by atoms with Crippen molar-refractivity contribution in [3.63, 3.8) is 0 Å². The van der Waals surface area contributed by atoms with E-state index in [2.05, 4.69) is 56.2 Å². The van der Waals surface area contributed by atoms with Gasteiger partial charge in [-0.2, -0.15) is 0 Å². The summed E-state index contributed by atoms with van der Waals surface area (Å²) < 4.78 is 4.16. The molecule has 0 atom stereocenters. The van der Waals surface area contributed by atoms with Crippen LogP contribution in [0.4, 0.5) is 4.79 Å². The lowest BCUT2D eigenvalue weighted by Crippen LogP contribution is -2.64. The molecule has 0 aliphatic rings. The van der Waals surface area contributed by atoms with Gasteiger partial charge in [-0.3, -0.25) is 4.79 Å². The molecule has 4 nitrogen and oxygen atoms in total. The average Bonchev–Trinajstić information content (AvgIpc) is 2.33. The van der Waals surface area contributed by atoms with E-state index in [1.54, 1.807) is 0 Å². The highest BCUT2D eigenvalue weighted by Crippen LogP contribution is 2.45. The summed E-state index contributed by atoms with van der Waals surface area (Å²) in [5.41, 5.74) is 1.13. The highest BCUT2D eigenvalue weighted by Gasteiger charge is 2.55. The van der Waals surface area contributed by atoms with Gasteiger partial charge in [0, 0.05) is 0 Å². The molecule has 0 heterocycles. The van der Waals surface area contributed by atoms with Gasteiger partial charge in [0.15, 0.2) is 0 Å². The largest absolute Gasteiger partial charge is 0.513 e. The molecule has 0 saturated heterocycles. The van der Waals surface area contributed by atoms with Crippen molar-refractivity contribution in [1.29, 1.82) is 0 Å². The van der Waals surface area contributed by atoms with Crippen LogP contribution in [0.25, 0.3) is 0 Å². The molecule has 1 aromatic carbocycles. The zero-order valence-corrected chi connectivity index (χ0v) is 16.3. The summed E-state index contributed by atoms with van der Waals surface area (Å²) in [4.78, 5) is 22.9. The van der Waals surface area contributed by atoms with Crippen LogP contribution in [-0.2, 0) is 14.2 Å². The lowest BCUT2D eigenvalue weighted by Gasteiger charge is -2.52. The predicted molar refractivity (Wildman–Crippen MR) is 93.5 cm³/mol. The Morgan fingerprint density at radius 1 is 1.00 bits per heavy atom. The fourth-order valence-corrected chi connectivity index (χ4v) is 16.1. The quantitative estimate of drug-likeness (QED) is 0.494. The molecule has 0 fully saturated rings. The van der Waals surface area contributed by atoms with Gasteiger partial charge >= 0.3 is 12.1 Å². The van der Waals surface area contributed by atoms with Gasteiger partial charge in [0.2, 0.25) is 0 Å². The predicted octanol–water partition coefficient (Wildman–Crippen LogP) is 4.29. The number of hydrogen-bond donors (Lipinski definition) is 1. The van der Waals surface area contributed by atoms with Gasteiger partial charge in [0.1, 0.15) is 0 Å². The second-order valence-electron chi connectivity index (χ2n) is 7.69. The number of esters is 1. The first-order valence-corrected chi connectivity index (χ1v) is 14.4. The summed E-state index contributed by atoms with van der Waals surface area (Å²) in [6.07, 6.45) is -1.40. The van der Waals surface area contributed by atoms with E-state index in [1.165, 1.54) is 0 Å². The van der Waals surface area contributed by atoms with Crippen LogP contribution in [0, 0.1) is 0 Å². The fraction of sp³-hybridized carbons (Fsp3) is 0.500. The van der Waals surface area contributed by atoms with Gasteiger partial charge < -0.3 is 9.84 Å². The molecule has 0 radical (unpaired) electrons. The fourth-order valence-electron chi connectivity index (χ4n) is 3.70. The smallest absolute Gasteiger partial charge is 0.449 e. The van der Waals surface area contributed by atoms with Crippen molar-refractivity contribution in [3.8, 4) is 0 Å². The number of ether oxygens (including phenoxy) is 1. The molecule has 1 N–H and O–H groups in total. The van der Waals surface area contributed by atoms with Crippen molar-refractivity contribution in [3.05, 3.63) is 35.9 Å². The Labute approximate surface area is 134 Å². The van der Waals surface area contributed by atoms with Crippen molar-refractivity contribution >= 4 is 28.3 Å². The van der Waals surface area contributed by atoms with Crippen molar-refractivity contribution in [2.45, 2.75) is 50.4 Å². The van der Waals surface area contributed by atoms with Crippen LogP contribution in [0.3, 0.4) is 0 Å². The maximum atomic E-state index is 12.2. The lowest BCUT2D eigenvalue weighted by molar-refractivity contribution is -0.139. The molecule has 1 rings (SSSR count). The molecule has 0 saturated carbocycles. The van der Waals surface area contributed by atoms with E-state index < -0.39 is 28.3 Å². The number of rotatable bonds is 5. The molecule has 0 aromatic heterocycles. The summed E-state index contributed by atoms with van der Waals surface area (Å²) in [5, 5.41) is 8.74. The van der Waals surface area contributed by atoms with Gasteiger partial charge in [0.25, 0.3) is 0 Å². The number of hydrogen-bond acceptors (Lipinski definition) is 3. The van der Waals surface area contributed by atoms with E-state index >= 15 is 0 Å². The first-order chi connectivity index (χ1) is 9.92. The van der Waals surface area contributed by atoms with Gasteiger partial charge in [-0.1, -0.05) is 69.6 Å². The van der Waals surface area contributed by atoms with E-state index in [4.69, 9.17) is 5.11 Å². The van der Waals surface area contributed by atoms with Gasteiger partial charge in [0.05, 0.1) is 22.6 Å². The topological polar surface area (TPSA) is 63.6 Å². The standard InChI is InChI=1S/C16H26O4Si2/c1-21(2,3)16(22(4,5)6,12-14(17)20-15(18)19)13-10-8-7-9-11-13/h7-11H,12H2,1-6H3,(H,18,19). The summed E-state index contributed by atoms with van der Waals surface area (Å²) in [6.45, 7) is 13.5. The molecule has 0 amide bonds. The van der Waals surface area contributed by atoms with Crippen molar-refractivity contribution in [2.24, 2.45) is 0 Å². The van der Waals surface area contributed by atoms with Crippen molar-refractivity contribution in [1.82, 2.24) is 0 Å². The maximum Gasteiger partial charge on any atom is 0.513 e. The summed E-state index contributed by atoms with van der Waals surface area (Å²) in [7, 11) is -3.72. The average molecular weight is 339 g/mol. The van der Waals surface area contributed by atoms with E-state index in [0.717, 1.165) is 5.56 Å². The van der Waals surface area contributed by atoms with E-state index in [9.17, 15) is 9.59 Å². The van der Waals surface area contributed by atoms with Crippen molar-refractivity contribution in [2.75, 3.05) is 0 Å². The molecule has 0 spiro atoms. The third-order valence-corrected chi connectivity index (χ3v) is 15.0. The van der Waals surface area contributed by atoms with E-state index in [1.807, 2.05) is 18.2 Å². The number of carbonyl (C=O) groups is 2. The third kappa shape index (κ3) is 3.67. The van der Waals surface area contributed by atoms with Crippen LogP contribution < -0.4 is 0 Å². The minimum atomic E-state index is -1.86. The molecule has 0 aliphatic heterocycles. The van der Waals surface area contributed by atoms with Crippen LogP contribution in [-0.4, -0.2) is 33.4 Å². The van der Waals surface area contributed by atoms with Crippen LogP contribution in [0.5, 0.6) is 0 Å². The van der Waals surface area contributed by atoms with Crippen LogP contribution in [0.15, 0.2) is 30.3 Å². The van der Waals surface area contributed by atoms with Gasteiger partial charge in [-0.15, -0.1) is 0 Å². The molecule has 22 heavy (non-hydrogen) atoms. The molecular weight excluding hydrogens is 312 g/mol. The minimum Gasteiger partial charge on any atom is -0.449 e. The Bertz CT molecular complexity index is 528. The Hall–Kier alpha value is -1.41. The minimum absolute atomic E-state index is 0.134. The number of carboxylic acid groups (broad SMARTS) is 1. The molecule has 1 aromatic rings. The molecule has 122 valence electrons. The Kier molecular flexibility index (Phi) is 5.40.